The Bertz CT molecular complexity index is 1780. The summed E-state index contributed by atoms with van der Waals surface area (Å²) in [7, 11) is 0. The van der Waals surface area contributed by atoms with Crippen LogP contribution in [0, 0.1) is 41.4 Å². The van der Waals surface area contributed by atoms with Crippen molar-refractivity contribution in [3.05, 3.63) is 84.6 Å². The maximum absolute atomic E-state index is 10.6. The summed E-state index contributed by atoms with van der Waals surface area (Å²) in [5.41, 5.74) is 1.70. The molecule has 90 heavy (non-hydrogen) atoms. The second-order valence-corrected chi connectivity index (χ2v) is 27.4. The lowest BCUT2D eigenvalue weighted by molar-refractivity contribution is -0.138. The quantitative estimate of drug-likeness (QED) is 0.0318. The van der Waals surface area contributed by atoms with Crippen LogP contribution in [-0.4, -0.2) is 33.2 Å². The maximum atomic E-state index is 10.6. The van der Waals surface area contributed by atoms with Crippen molar-refractivity contribution in [2.24, 2.45) is 41.4 Å². The van der Waals surface area contributed by atoms with Crippen molar-refractivity contribution in [2.45, 2.75) is 390 Å². The van der Waals surface area contributed by atoms with Gasteiger partial charge in [-0.2, -0.15) is 0 Å². The Morgan fingerprint density at radius 1 is 0.367 bits per heavy atom. The van der Waals surface area contributed by atoms with Gasteiger partial charge in [0.1, 0.15) is 0 Å². The Labute approximate surface area is 560 Å². The molecule has 6 heteroatoms. The number of rotatable bonds is 61. The molecule has 1 aliphatic rings. The number of hydrogen-bond donors (Lipinski definition) is 3. The summed E-state index contributed by atoms with van der Waals surface area (Å²) in [6.45, 7) is 20.4. The smallest absolute Gasteiger partial charge is 0.303 e. The molecule has 0 aromatic heterocycles. The Hall–Kier alpha value is -3.41. The van der Waals surface area contributed by atoms with Gasteiger partial charge in [-0.25, -0.2) is 0 Å². The van der Waals surface area contributed by atoms with Crippen LogP contribution in [0.1, 0.15) is 390 Å². The molecule has 3 N–H and O–H groups in total. The van der Waals surface area contributed by atoms with Gasteiger partial charge >= 0.3 is 17.9 Å². The predicted octanol–water partition coefficient (Wildman–Crippen LogP) is 27.9. The zero-order valence-electron chi connectivity index (χ0n) is 61.2. The second-order valence-electron chi connectivity index (χ2n) is 27.4. The van der Waals surface area contributed by atoms with E-state index in [0.717, 1.165) is 81.0 Å². The average Bonchev–Trinajstić information content (AvgIpc) is 1.09. The zero-order chi connectivity index (χ0) is 66.6. The molecule has 0 aliphatic heterocycles. The minimum absolute atomic E-state index is 0.313. The molecule has 6 nitrogen and oxygen atoms in total. The number of unbranched alkanes of at least 4 members (excludes halogenated alkanes) is 31. The molecule has 0 amide bonds. The molecule has 524 valence electrons. The van der Waals surface area contributed by atoms with E-state index in [2.05, 4.69) is 141 Å². The summed E-state index contributed by atoms with van der Waals surface area (Å²) < 4.78 is 0. The van der Waals surface area contributed by atoms with E-state index in [1.807, 2.05) is 0 Å². The van der Waals surface area contributed by atoms with Crippen molar-refractivity contribution in [3.63, 3.8) is 0 Å². The highest BCUT2D eigenvalue weighted by Crippen LogP contribution is 2.44. The van der Waals surface area contributed by atoms with E-state index in [-0.39, 0.29) is 0 Å². The van der Waals surface area contributed by atoms with Gasteiger partial charge in [0.05, 0.1) is 0 Å². The Kier molecular flexibility index (Phi) is 68.9. The first kappa shape index (κ1) is 88.6. The summed E-state index contributed by atoms with van der Waals surface area (Å²) in [6.07, 6.45) is 92.3. The molecule has 0 saturated carbocycles. The number of carboxylic acids is 3. The van der Waals surface area contributed by atoms with Gasteiger partial charge in [-0.15, -0.1) is 0 Å². The fourth-order valence-corrected chi connectivity index (χ4v) is 13.4. The van der Waals surface area contributed by atoms with Crippen LogP contribution < -0.4 is 0 Å². The molecule has 1 aliphatic carbocycles. The van der Waals surface area contributed by atoms with Crippen LogP contribution in [0.4, 0.5) is 0 Å². The van der Waals surface area contributed by atoms with E-state index in [4.69, 9.17) is 15.3 Å². The lowest BCUT2D eigenvalue weighted by Crippen LogP contribution is -2.31. The molecule has 0 radical (unpaired) electrons. The topological polar surface area (TPSA) is 112 Å². The summed E-state index contributed by atoms with van der Waals surface area (Å²) in [6, 6.07) is 0. The van der Waals surface area contributed by atoms with Crippen LogP contribution >= 0.6 is 0 Å². The Balaban J connectivity index is 0. The molecular formula is C84H152O6. The molecule has 7 atom stereocenters. The molecule has 0 heterocycles. The number of aliphatic carboxylic acids is 3. The van der Waals surface area contributed by atoms with Gasteiger partial charge in [-0.1, -0.05) is 338 Å². The minimum Gasteiger partial charge on any atom is -0.481 e. The van der Waals surface area contributed by atoms with Crippen LogP contribution in [0.25, 0.3) is 0 Å². The van der Waals surface area contributed by atoms with Crippen LogP contribution in [0.5, 0.6) is 0 Å². The highest BCUT2D eigenvalue weighted by atomic mass is 16.4. The Morgan fingerprint density at radius 3 is 1.21 bits per heavy atom. The van der Waals surface area contributed by atoms with Gasteiger partial charge in [0.25, 0.3) is 0 Å². The Morgan fingerprint density at radius 2 is 0.733 bits per heavy atom. The zero-order valence-corrected chi connectivity index (χ0v) is 61.2. The molecular weight excluding hydrogens is 1100 g/mol. The van der Waals surface area contributed by atoms with Crippen molar-refractivity contribution in [1.82, 2.24) is 0 Å². The van der Waals surface area contributed by atoms with Gasteiger partial charge in [-0.3, -0.25) is 14.4 Å². The number of allylic oxidation sites excluding steroid dienone is 14. The van der Waals surface area contributed by atoms with E-state index in [0.29, 0.717) is 31.1 Å². The van der Waals surface area contributed by atoms with Crippen LogP contribution in [0.15, 0.2) is 84.6 Å². The minimum atomic E-state index is -0.673. The molecule has 7 unspecified atom stereocenters. The van der Waals surface area contributed by atoms with E-state index >= 15 is 0 Å². The first-order chi connectivity index (χ1) is 43.9. The summed E-state index contributed by atoms with van der Waals surface area (Å²) in [5, 5.41) is 26.1. The van der Waals surface area contributed by atoms with Crippen molar-refractivity contribution in [3.8, 4) is 0 Å². The van der Waals surface area contributed by atoms with Crippen molar-refractivity contribution < 1.29 is 29.7 Å². The summed E-state index contributed by atoms with van der Waals surface area (Å²) in [5.74, 6) is 3.25. The van der Waals surface area contributed by atoms with E-state index < -0.39 is 17.9 Å². The largest absolute Gasteiger partial charge is 0.481 e. The first-order valence-corrected chi connectivity index (χ1v) is 39.2. The standard InChI is InChI=1S/C29H52O2.C29H50O2.C26H50O2/c1-4-7-14-18-25-23-24-26(19-16-12-10-11-13-17-22-29(30)31)27(20-9-6-3)28(25)21-15-8-5-2;1-4-7-17-22-27(23-18-8-5-2)28(24-19-9-6-3)25-20-15-13-11-10-12-14-16-21-26-29(30)31;1-4-6-8-10-11-13-17-21-25(24(3)20-16-9-7-5-2)22-18-14-12-15-19-23-26(27)28/h6,9,23-28H,4-5,7-8,10-22H2,1-3H3,(H,30,31);4,7,13,15,17,20,22,25,27-28H,5-6,8-12,14,16,18-19,21,23-24,26H2,1-3H3,(H,30,31);21,24H,4-20,22-23H2,1-3H3,(H,27,28). The van der Waals surface area contributed by atoms with Gasteiger partial charge in [0, 0.05) is 19.3 Å². The maximum Gasteiger partial charge on any atom is 0.303 e. The third kappa shape index (κ3) is 58.4. The lowest BCUT2D eigenvalue weighted by atomic mass is 9.65. The van der Waals surface area contributed by atoms with E-state index in [1.165, 1.54) is 257 Å². The second kappa shape index (κ2) is 69.9. The molecule has 0 aromatic rings. The van der Waals surface area contributed by atoms with Gasteiger partial charge in [0.2, 0.25) is 0 Å². The normalized spacial score (nSPS) is 17.1. The fraction of sp³-hybridized carbons (Fsp3) is 0.798. The monoisotopic (exact) mass is 1260 g/mol. The highest BCUT2D eigenvalue weighted by molar-refractivity contribution is 5.67. The molecule has 0 fully saturated rings. The van der Waals surface area contributed by atoms with E-state index in [1.54, 1.807) is 5.57 Å². The van der Waals surface area contributed by atoms with Crippen LogP contribution in [0.2, 0.25) is 0 Å². The van der Waals surface area contributed by atoms with Crippen molar-refractivity contribution in [1.29, 1.82) is 0 Å². The number of carboxylic acid groups (broad SMARTS) is 3. The average molecular weight is 1260 g/mol. The highest BCUT2D eigenvalue weighted by Gasteiger charge is 2.34. The molecule has 0 saturated heterocycles. The molecule has 0 aromatic carbocycles. The third-order valence-electron chi connectivity index (χ3n) is 19.2. The molecule has 0 bridgehead atoms. The summed E-state index contributed by atoms with van der Waals surface area (Å²) >= 11 is 0. The van der Waals surface area contributed by atoms with Gasteiger partial charge in [0.15, 0.2) is 0 Å². The lowest BCUT2D eigenvalue weighted by Gasteiger charge is -2.40. The summed E-state index contributed by atoms with van der Waals surface area (Å²) in [4.78, 5) is 31.7. The predicted molar refractivity (Wildman–Crippen MR) is 397 cm³/mol. The SMILES string of the molecule is CC=CC=CC(CCCCC)C(C=CC=CCCCCCCCC(=O)O)CCCCC.CC=CCC1C(CCCCCCCCC(=O)O)C=CC(CCCCC)C1CCCCC.CCCCCCCCC=C(CCCCCCCC(=O)O)C(C)CCCCCC. The fourth-order valence-electron chi connectivity index (χ4n) is 13.4. The molecule has 0 spiro atoms. The van der Waals surface area contributed by atoms with Gasteiger partial charge in [-0.05, 0) is 158 Å². The van der Waals surface area contributed by atoms with Gasteiger partial charge < -0.3 is 15.3 Å². The van der Waals surface area contributed by atoms with Crippen LogP contribution in [0.3, 0.4) is 0 Å². The van der Waals surface area contributed by atoms with Crippen LogP contribution in [-0.2, 0) is 14.4 Å². The van der Waals surface area contributed by atoms with E-state index in [9.17, 15) is 14.4 Å². The van der Waals surface area contributed by atoms with Crippen molar-refractivity contribution in [2.75, 3.05) is 0 Å². The first-order valence-electron chi connectivity index (χ1n) is 39.2. The number of hydrogen-bond acceptors (Lipinski definition) is 3. The van der Waals surface area contributed by atoms with Crippen molar-refractivity contribution >= 4 is 17.9 Å². The number of carbonyl (C=O) groups is 3. The molecule has 1 rings (SSSR count). The third-order valence-corrected chi connectivity index (χ3v) is 19.2.